The van der Waals surface area contributed by atoms with E-state index in [1.165, 1.54) is 13.8 Å². The summed E-state index contributed by atoms with van der Waals surface area (Å²) in [7, 11) is 0. The Morgan fingerprint density at radius 2 is 1.35 bits per heavy atom. The Morgan fingerprint density at radius 3 is 1.58 bits per heavy atom. The number of benzene rings is 1. The maximum atomic E-state index is 10.9. The zero-order valence-corrected chi connectivity index (χ0v) is 15.0. The summed E-state index contributed by atoms with van der Waals surface area (Å²) in [5.41, 5.74) is 5.98. The lowest BCUT2D eigenvalue weighted by atomic mass is 10.1. The number of ketones is 2. The van der Waals surface area contributed by atoms with Crippen molar-refractivity contribution in [2.75, 3.05) is 26.2 Å². The minimum atomic E-state index is -0.0156. The highest BCUT2D eigenvalue weighted by atomic mass is 16.1. The fourth-order valence-electron chi connectivity index (χ4n) is 1.95. The maximum absolute atomic E-state index is 10.9. The second kappa shape index (κ2) is 11.6. The number of nitrogens with zero attached hydrogens (tertiary/aromatic N) is 2. The Labute approximate surface area is 152 Å². The average Bonchev–Trinajstić information content (AvgIpc) is 3.36. The van der Waals surface area contributed by atoms with Crippen molar-refractivity contribution in [2.45, 2.75) is 13.8 Å². The molecule has 0 aromatic heterocycles. The summed E-state index contributed by atoms with van der Waals surface area (Å²) in [6, 6.07) is 6.74. The summed E-state index contributed by atoms with van der Waals surface area (Å²) >= 11 is 0. The van der Waals surface area contributed by atoms with Gasteiger partial charge in [-0.2, -0.15) is 0 Å². The van der Waals surface area contributed by atoms with Crippen molar-refractivity contribution in [3.63, 3.8) is 0 Å². The van der Waals surface area contributed by atoms with Gasteiger partial charge in [-0.25, -0.2) is 11.7 Å². The van der Waals surface area contributed by atoms with E-state index in [1.807, 2.05) is 0 Å². The Morgan fingerprint density at radius 1 is 0.923 bits per heavy atom. The van der Waals surface area contributed by atoms with Gasteiger partial charge in [-0.05, 0) is 19.9 Å². The van der Waals surface area contributed by atoms with Crippen molar-refractivity contribution in [2.24, 2.45) is 21.7 Å². The van der Waals surface area contributed by atoms with Crippen LogP contribution in [0.3, 0.4) is 0 Å². The van der Waals surface area contributed by atoms with Gasteiger partial charge in [0.05, 0.1) is 13.1 Å². The fraction of sp³-hybridized carbons (Fsp3) is 0.375. The van der Waals surface area contributed by atoms with E-state index in [1.54, 1.807) is 24.3 Å². The predicted molar refractivity (Wildman–Crippen MR) is 102 cm³/mol. The Balaban J connectivity index is 0.000000207. The molecule has 142 valence electrons. The van der Waals surface area contributed by atoms with E-state index in [4.69, 9.17) is 11.7 Å². The molecular weight excluding hydrogens is 336 g/mol. The van der Waals surface area contributed by atoms with Crippen LogP contribution in [0.25, 0.3) is 0 Å². The van der Waals surface area contributed by atoms with Crippen molar-refractivity contribution >= 4 is 23.5 Å². The number of hydrogen-bond donors (Lipinski definition) is 6. The van der Waals surface area contributed by atoms with Crippen LogP contribution in [0.2, 0.25) is 0 Å². The van der Waals surface area contributed by atoms with Gasteiger partial charge in [-0.3, -0.25) is 30.4 Å². The summed E-state index contributed by atoms with van der Waals surface area (Å²) in [5, 5.41) is 5.84. The van der Waals surface area contributed by atoms with E-state index >= 15 is 0 Å². The molecule has 2 aliphatic heterocycles. The number of hydrazine groups is 2. The normalized spacial score (nSPS) is 14.2. The lowest BCUT2D eigenvalue weighted by Gasteiger charge is -1.97. The lowest BCUT2D eigenvalue weighted by Crippen LogP contribution is -2.38. The molecular formula is C16H26N8O2. The molecule has 26 heavy (non-hydrogen) atoms. The number of hydrogen-bond acceptors (Lipinski definition) is 10. The quantitative estimate of drug-likeness (QED) is 0.220. The van der Waals surface area contributed by atoms with E-state index in [0.717, 1.165) is 26.2 Å². The topological polar surface area (TPSA) is 159 Å². The first-order chi connectivity index (χ1) is 12.5. The molecule has 3 rings (SSSR count). The predicted octanol–water partition coefficient (Wildman–Crippen LogP) is -1.09. The van der Waals surface area contributed by atoms with Crippen molar-refractivity contribution in [3.05, 3.63) is 35.4 Å². The van der Waals surface area contributed by atoms with Gasteiger partial charge in [-0.15, -0.1) is 0 Å². The van der Waals surface area contributed by atoms with Crippen molar-refractivity contribution < 1.29 is 9.59 Å². The number of rotatable bonds is 2. The molecule has 0 aliphatic carbocycles. The first kappa shape index (κ1) is 21.1. The third-order valence-corrected chi connectivity index (χ3v) is 3.30. The van der Waals surface area contributed by atoms with Crippen LogP contribution in [-0.4, -0.2) is 49.7 Å². The maximum Gasteiger partial charge on any atom is 0.205 e. The number of nitrogens with one attached hydrogen (secondary N) is 4. The highest BCUT2D eigenvalue weighted by molar-refractivity contribution is 5.99. The van der Waals surface area contributed by atoms with E-state index in [0.29, 0.717) is 23.0 Å². The number of nitrogens with two attached hydrogens (primary N) is 2. The highest BCUT2D eigenvalue weighted by Crippen LogP contribution is 2.06. The Hall–Kier alpha value is -2.98. The van der Waals surface area contributed by atoms with E-state index in [2.05, 4.69) is 31.5 Å². The van der Waals surface area contributed by atoms with Gasteiger partial charge in [0.2, 0.25) is 11.9 Å². The number of Topliss-reactive ketones (excluding diaryl/α,β-unsaturated/α-hetero) is 2. The lowest BCUT2D eigenvalue weighted by molar-refractivity contribution is 0.101. The molecule has 8 N–H and O–H groups in total. The van der Waals surface area contributed by atoms with E-state index in [-0.39, 0.29) is 11.6 Å². The highest BCUT2D eigenvalue weighted by Gasteiger charge is 2.02. The molecule has 1 aromatic carbocycles. The average molecular weight is 362 g/mol. The number of guanidine groups is 2. The van der Waals surface area contributed by atoms with Gasteiger partial charge < -0.3 is 10.6 Å². The number of carbonyl (C=O) groups is 2. The van der Waals surface area contributed by atoms with Crippen LogP contribution in [0.1, 0.15) is 34.6 Å². The molecule has 2 aliphatic rings. The zero-order valence-electron chi connectivity index (χ0n) is 15.0. The second-order valence-corrected chi connectivity index (χ2v) is 5.30. The first-order valence-electron chi connectivity index (χ1n) is 8.09. The standard InChI is InChI=1S/C10H10O2.2C3H8N4/c1-7(11)9-4-3-5-10(6-9)8(2)12;2*4-7-3-5-1-2-6-3/h3-6H,1-2H3;2*1-2,4H2,(H2,5,6,7). The van der Waals surface area contributed by atoms with Gasteiger partial charge in [0.1, 0.15) is 0 Å². The van der Waals surface area contributed by atoms with Crippen LogP contribution >= 0.6 is 0 Å². The molecule has 0 radical (unpaired) electrons. The molecule has 0 atom stereocenters. The SMILES string of the molecule is CC(=O)c1cccc(C(C)=O)c1.NNC1=NCCN1.NNC1=NCCN1. The summed E-state index contributed by atoms with van der Waals surface area (Å²) in [6.45, 7) is 6.44. The van der Waals surface area contributed by atoms with E-state index < -0.39 is 0 Å². The fourth-order valence-corrected chi connectivity index (χ4v) is 1.95. The Bertz CT molecular complexity index is 619. The molecule has 0 bridgehead atoms. The molecule has 10 nitrogen and oxygen atoms in total. The van der Waals surface area contributed by atoms with Crippen molar-refractivity contribution in [1.29, 1.82) is 0 Å². The molecule has 0 amide bonds. The minimum Gasteiger partial charge on any atom is -0.353 e. The molecule has 0 saturated carbocycles. The van der Waals surface area contributed by atoms with Crippen LogP contribution in [-0.2, 0) is 0 Å². The molecule has 10 heteroatoms. The number of carbonyl (C=O) groups excluding carboxylic acids is 2. The van der Waals surface area contributed by atoms with Crippen LogP contribution in [0.5, 0.6) is 0 Å². The molecule has 0 spiro atoms. The second-order valence-electron chi connectivity index (χ2n) is 5.30. The zero-order chi connectivity index (χ0) is 19.4. The van der Waals surface area contributed by atoms with Crippen molar-refractivity contribution in [3.8, 4) is 0 Å². The van der Waals surface area contributed by atoms with Crippen LogP contribution in [0.15, 0.2) is 34.3 Å². The van der Waals surface area contributed by atoms with Gasteiger partial charge in [-0.1, -0.05) is 18.2 Å². The third kappa shape index (κ3) is 7.73. The molecule has 0 saturated heterocycles. The first-order valence-corrected chi connectivity index (χ1v) is 8.09. The van der Waals surface area contributed by atoms with Crippen LogP contribution < -0.4 is 33.2 Å². The van der Waals surface area contributed by atoms with Crippen LogP contribution in [0.4, 0.5) is 0 Å². The molecule has 1 aromatic rings. The smallest absolute Gasteiger partial charge is 0.205 e. The molecule has 2 heterocycles. The molecule has 0 fully saturated rings. The van der Waals surface area contributed by atoms with Gasteiger partial charge in [0.15, 0.2) is 11.6 Å². The number of aliphatic imine (C=N–C) groups is 2. The summed E-state index contributed by atoms with van der Waals surface area (Å²) in [6.07, 6.45) is 0. The summed E-state index contributed by atoms with van der Waals surface area (Å²) in [4.78, 5) is 29.7. The molecule has 0 unspecified atom stereocenters. The van der Waals surface area contributed by atoms with Crippen molar-refractivity contribution in [1.82, 2.24) is 21.5 Å². The Kier molecular flexibility index (Phi) is 9.36. The van der Waals surface area contributed by atoms with E-state index in [9.17, 15) is 9.59 Å². The summed E-state index contributed by atoms with van der Waals surface area (Å²) < 4.78 is 0. The summed E-state index contributed by atoms with van der Waals surface area (Å²) in [5.74, 6) is 11.3. The van der Waals surface area contributed by atoms with Gasteiger partial charge in [0, 0.05) is 24.2 Å². The van der Waals surface area contributed by atoms with Gasteiger partial charge >= 0.3 is 0 Å². The minimum absolute atomic E-state index is 0.0156. The monoisotopic (exact) mass is 362 g/mol. The van der Waals surface area contributed by atoms with Gasteiger partial charge in [0.25, 0.3) is 0 Å². The third-order valence-electron chi connectivity index (χ3n) is 3.30. The van der Waals surface area contributed by atoms with Crippen LogP contribution in [0, 0.1) is 0 Å². The largest absolute Gasteiger partial charge is 0.353 e.